The number of aromatic nitrogens is 1. The number of furan rings is 1. The molecule has 0 spiro atoms. The van der Waals surface area contributed by atoms with Gasteiger partial charge in [0.25, 0.3) is 5.91 Å². The second kappa shape index (κ2) is 6.49. The van der Waals surface area contributed by atoms with Crippen molar-refractivity contribution in [1.29, 1.82) is 0 Å². The molecule has 22 heavy (non-hydrogen) atoms. The number of hydrogen-bond donors (Lipinski definition) is 1. The number of carbonyl (C=O) groups is 1. The fourth-order valence-electron chi connectivity index (χ4n) is 1.90. The SMILES string of the molecule is O=C(N/N=C\c1ccc(-c2ccccc2)o1)c1cccnc1. The smallest absolute Gasteiger partial charge is 0.272 e. The van der Waals surface area contributed by atoms with Gasteiger partial charge in [0, 0.05) is 18.0 Å². The molecule has 1 N–H and O–H groups in total. The molecule has 1 amide bonds. The average molecular weight is 291 g/mol. The Morgan fingerprint density at radius 3 is 2.73 bits per heavy atom. The molecule has 0 fully saturated rings. The lowest BCUT2D eigenvalue weighted by molar-refractivity contribution is 0.0955. The predicted molar refractivity (Wildman–Crippen MR) is 83.4 cm³/mol. The molecule has 2 aromatic heterocycles. The van der Waals surface area contributed by atoms with E-state index in [1.165, 1.54) is 12.4 Å². The van der Waals surface area contributed by atoms with Gasteiger partial charge < -0.3 is 4.42 Å². The van der Waals surface area contributed by atoms with Crippen molar-refractivity contribution < 1.29 is 9.21 Å². The lowest BCUT2D eigenvalue weighted by Gasteiger charge is -1.97. The lowest BCUT2D eigenvalue weighted by Crippen LogP contribution is -2.17. The van der Waals surface area contributed by atoms with Crippen molar-refractivity contribution in [3.63, 3.8) is 0 Å². The Labute approximate surface area is 127 Å². The highest BCUT2D eigenvalue weighted by molar-refractivity contribution is 5.94. The number of hydrogen-bond acceptors (Lipinski definition) is 4. The maximum atomic E-state index is 11.8. The number of benzene rings is 1. The Hall–Kier alpha value is -3.21. The summed E-state index contributed by atoms with van der Waals surface area (Å²) in [5, 5.41) is 3.88. The first-order valence-electron chi connectivity index (χ1n) is 6.71. The van der Waals surface area contributed by atoms with E-state index in [2.05, 4.69) is 15.5 Å². The van der Waals surface area contributed by atoms with E-state index in [-0.39, 0.29) is 5.91 Å². The molecule has 108 valence electrons. The first kappa shape index (κ1) is 13.8. The Morgan fingerprint density at radius 2 is 1.95 bits per heavy atom. The molecule has 0 saturated heterocycles. The second-order valence-electron chi connectivity index (χ2n) is 4.51. The van der Waals surface area contributed by atoms with Crippen LogP contribution >= 0.6 is 0 Å². The van der Waals surface area contributed by atoms with Crippen LogP contribution in [0.3, 0.4) is 0 Å². The normalized spacial score (nSPS) is 10.7. The highest BCUT2D eigenvalue weighted by Crippen LogP contribution is 2.20. The van der Waals surface area contributed by atoms with Crippen LogP contribution in [-0.2, 0) is 0 Å². The first-order valence-corrected chi connectivity index (χ1v) is 6.71. The Balaban J connectivity index is 1.64. The molecule has 1 aromatic carbocycles. The molecule has 3 rings (SSSR count). The van der Waals surface area contributed by atoms with Gasteiger partial charge in [-0.3, -0.25) is 9.78 Å². The van der Waals surface area contributed by atoms with Gasteiger partial charge in [0.2, 0.25) is 0 Å². The zero-order valence-corrected chi connectivity index (χ0v) is 11.6. The van der Waals surface area contributed by atoms with E-state index in [9.17, 15) is 4.79 Å². The average Bonchev–Trinajstić information content (AvgIpc) is 3.05. The number of rotatable bonds is 4. The highest BCUT2D eigenvalue weighted by atomic mass is 16.3. The van der Waals surface area contributed by atoms with Crippen LogP contribution in [0.5, 0.6) is 0 Å². The third kappa shape index (κ3) is 3.27. The monoisotopic (exact) mass is 291 g/mol. The van der Waals surface area contributed by atoms with Crippen molar-refractivity contribution in [3.8, 4) is 11.3 Å². The van der Waals surface area contributed by atoms with Gasteiger partial charge >= 0.3 is 0 Å². The lowest BCUT2D eigenvalue weighted by atomic mass is 10.2. The van der Waals surface area contributed by atoms with Crippen LogP contribution in [0, 0.1) is 0 Å². The van der Waals surface area contributed by atoms with Gasteiger partial charge in [0.15, 0.2) is 0 Å². The number of nitrogens with one attached hydrogen (secondary N) is 1. The van der Waals surface area contributed by atoms with Crippen molar-refractivity contribution in [1.82, 2.24) is 10.4 Å². The molecular weight excluding hydrogens is 278 g/mol. The van der Waals surface area contributed by atoms with Crippen LogP contribution in [0.15, 0.2) is 76.5 Å². The fraction of sp³-hybridized carbons (Fsp3) is 0. The van der Waals surface area contributed by atoms with E-state index in [4.69, 9.17) is 4.42 Å². The Bertz CT molecular complexity index is 780. The van der Waals surface area contributed by atoms with Gasteiger partial charge in [-0.25, -0.2) is 5.43 Å². The van der Waals surface area contributed by atoms with Crippen molar-refractivity contribution in [2.75, 3.05) is 0 Å². The third-order valence-electron chi connectivity index (χ3n) is 2.97. The van der Waals surface area contributed by atoms with E-state index in [0.29, 0.717) is 11.3 Å². The van der Waals surface area contributed by atoms with Crippen LogP contribution in [0.25, 0.3) is 11.3 Å². The van der Waals surface area contributed by atoms with Crippen molar-refractivity contribution in [2.45, 2.75) is 0 Å². The minimum Gasteiger partial charge on any atom is -0.455 e. The molecule has 5 nitrogen and oxygen atoms in total. The number of carbonyl (C=O) groups excluding carboxylic acids is 1. The summed E-state index contributed by atoms with van der Waals surface area (Å²) >= 11 is 0. The maximum absolute atomic E-state index is 11.8. The minimum atomic E-state index is -0.320. The predicted octanol–water partition coefficient (Wildman–Crippen LogP) is 3.11. The van der Waals surface area contributed by atoms with Gasteiger partial charge in [-0.2, -0.15) is 5.10 Å². The van der Waals surface area contributed by atoms with Gasteiger partial charge in [0.05, 0.1) is 11.8 Å². The van der Waals surface area contributed by atoms with E-state index in [1.54, 1.807) is 24.4 Å². The van der Waals surface area contributed by atoms with Gasteiger partial charge in [-0.15, -0.1) is 0 Å². The fourth-order valence-corrected chi connectivity index (χ4v) is 1.90. The largest absolute Gasteiger partial charge is 0.455 e. The van der Waals surface area contributed by atoms with Crippen LogP contribution in [0.1, 0.15) is 16.1 Å². The minimum absolute atomic E-state index is 0.320. The Kier molecular flexibility index (Phi) is 4.06. The summed E-state index contributed by atoms with van der Waals surface area (Å²) in [6.45, 7) is 0. The number of amides is 1. The maximum Gasteiger partial charge on any atom is 0.272 e. The van der Waals surface area contributed by atoms with Gasteiger partial charge in [0.1, 0.15) is 11.5 Å². The molecule has 0 unspecified atom stereocenters. The summed E-state index contributed by atoms with van der Waals surface area (Å²) in [7, 11) is 0. The molecule has 0 aliphatic heterocycles. The zero-order chi connectivity index (χ0) is 15.2. The van der Waals surface area contributed by atoms with E-state index >= 15 is 0 Å². The molecule has 3 aromatic rings. The van der Waals surface area contributed by atoms with Crippen molar-refractivity contribution in [2.24, 2.45) is 5.10 Å². The van der Waals surface area contributed by atoms with Crippen molar-refractivity contribution in [3.05, 3.63) is 78.3 Å². The van der Waals surface area contributed by atoms with Crippen molar-refractivity contribution >= 4 is 12.1 Å². The summed E-state index contributed by atoms with van der Waals surface area (Å²) < 4.78 is 5.64. The highest BCUT2D eigenvalue weighted by Gasteiger charge is 2.04. The molecule has 2 heterocycles. The topological polar surface area (TPSA) is 67.5 Å². The standard InChI is InChI=1S/C17H13N3O2/c21-17(14-7-4-10-18-11-14)20-19-12-15-8-9-16(22-15)13-5-2-1-3-6-13/h1-12H,(H,20,21)/b19-12-. The van der Waals surface area contributed by atoms with Crippen LogP contribution in [-0.4, -0.2) is 17.1 Å². The first-order chi connectivity index (χ1) is 10.8. The molecular formula is C17H13N3O2. The molecule has 0 radical (unpaired) electrons. The molecule has 0 bridgehead atoms. The van der Waals surface area contributed by atoms with E-state index < -0.39 is 0 Å². The zero-order valence-electron chi connectivity index (χ0n) is 11.6. The van der Waals surface area contributed by atoms with E-state index in [1.807, 2.05) is 36.4 Å². The number of hydrazone groups is 1. The summed E-state index contributed by atoms with van der Waals surface area (Å²) in [5.41, 5.74) is 3.86. The molecule has 0 aliphatic rings. The summed E-state index contributed by atoms with van der Waals surface area (Å²) in [6.07, 6.45) is 4.54. The summed E-state index contributed by atoms with van der Waals surface area (Å²) in [4.78, 5) is 15.6. The van der Waals surface area contributed by atoms with Gasteiger partial charge in [-0.05, 0) is 24.3 Å². The van der Waals surface area contributed by atoms with Crippen LogP contribution in [0.2, 0.25) is 0 Å². The Morgan fingerprint density at radius 1 is 1.09 bits per heavy atom. The number of nitrogens with zero attached hydrogens (tertiary/aromatic N) is 2. The van der Waals surface area contributed by atoms with Crippen LogP contribution < -0.4 is 5.43 Å². The summed E-state index contributed by atoms with van der Waals surface area (Å²) in [5.74, 6) is 0.991. The molecule has 5 heteroatoms. The second-order valence-corrected chi connectivity index (χ2v) is 4.51. The molecule has 0 aliphatic carbocycles. The quantitative estimate of drug-likeness (QED) is 0.593. The van der Waals surface area contributed by atoms with Crippen LogP contribution in [0.4, 0.5) is 0 Å². The molecule has 0 atom stereocenters. The third-order valence-corrected chi connectivity index (χ3v) is 2.97. The van der Waals surface area contributed by atoms with E-state index in [0.717, 1.165) is 11.3 Å². The van der Waals surface area contributed by atoms with Gasteiger partial charge in [-0.1, -0.05) is 30.3 Å². The molecule has 0 saturated carbocycles. The summed E-state index contributed by atoms with van der Waals surface area (Å²) in [6, 6.07) is 16.8. The number of pyridine rings is 1.